The van der Waals surface area contributed by atoms with Crippen LogP contribution in [0.4, 0.5) is 0 Å². The minimum atomic E-state index is -2.83. The molecule has 0 fully saturated rings. The van der Waals surface area contributed by atoms with E-state index in [1.165, 1.54) is 0 Å². The number of sulfone groups is 1. The lowest BCUT2D eigenvalue weighted by Gasteiger charge is -2.10. The standard InChI is InChI=1S/C12H28N2O2S/c1-4-5-6-11-17(15,16)12-9-13-8-7-10-14(2)3/h13H,4-12H2,1-3H3. The van der Waals surface area contributed by atoms with Gasteiger partial charge in [0.1, 0.15) is 0 Å². The molecule has 0 aromatic rings. The van der Waals surface area contributed by atoms with Gasteiger partial charge in [-0.15, -0.1) is 0 Å². The maximum absolute atomic E-state index is 11.6. The van der Waals surface area contributed by atoms with Gasteiger partial charge in [0.2, 0.25) is 0 Å². The second-order valence-corrected chi connectivity index (χ2v) is 7.07. The van der Waals surface area contributed by atoms with Crippen LogP contribution in [0.5, 0.6) is 0 Å². The van der Waals surface area contributed by atoms with Crippen LogP contribution >= 0.6 is 0 Å². The molecule has 0 saturated heterocycles. The van der Waals surface area contributed by atoms with E-state index in [4.69, 9.17) is 0 Å². The first-order valence-corrected chi connectivity index (χ1v) is 8.36. The van der Waals surface area contributed by atoms with E-state index in [1.54, 1.807) is 0 Å². The van der Waals surface area contributed by atoms with Crippen LogP contribution in [-0.2, 0) is 9.84 Å². The molecule has 0 rings (SSSR count). The van der Waals surface area contributed by atoms with Crippen molar-refractivity contribution in [2.45, 2.75) is 32.6 Å². The van der Waals surface area contributed by atoms with Crippen molar-refractivity contribution >= 4 is 9.84 Å². The lowest BCUT2D eigenvalue weighted by Crippen LogP contribution is -2.27. The lowest BCUT2D eigenvalue weighted by atomic mass is 10.3. The maximum Gasteiger partial charge on any atom is 0.151 e. The van der Waals surface area contributed by atoms with Gasteiger partial charge in [0.15, 0.2) is 9.84 Å². The highest BCUT2D eigenvalue weighted by Gasteiger charge is 2.09. The predicted molar refractivity (Wildman–Crippen MR) is 74.2 cm³/mol. The molecule has 0 heterocycles. The first-order valence-electron chi connectivity index (χ1n) is 6.54. The SMILES string of the molecule is CCCCCS(=O)(=O)CCNCCCN(C)C. The van der Waals surface area contributed by atoms with Crippen LogP contribution < -0.4 is 5.32 Å². The summed E-state index contributed by atoms with van der Waals surface area (Å²) in [6.07, 6.45) is 3.94. The molecule has 0 atom stereocenters. The summed E-state index contributed by atoms with van der Waals surface area (Å²) in [5.74, 6) is 0.624. The van der Waals surface area contributed by atoms with Gasteiger partial charge in [-0.2, -0.15) is 0 Å². The third-order valence-electron chi connectivity index (χ3n) is 2.61. The van der Waals surface area contributed by atoms with Crippen molar-refractivity contribution in [1.82, 2.24) is 10.2 Å². The molecule has 0 aromatic heterocycles. The number of hydrogen-bond acceptors (Lipinski definition) is 4. The molecule has 1 N–H and O–H groups in total. The Hall–Kier alpha value is -0.130. The van der Waals surface area contributed by atoms with Gasteiger partial charge in [0, 0.05) is 6.54 Å². The van der Waals surface area contributed by atoms with Crippen LogP contribution in [-0.4, -0.2) is 58.6 Å². The van der Waals surface area contributed by atoms with Crippen molar-refractivity contribution in [3.63, 3.8) is 0 Å². The topological polar surface area (TPSA) is 49.4 Å². The second kappa shape index (κ2) is 9.85. The molecule has 0 saturated carbocycles. The Morgan fingerprint density at radius 3 is 2.29 bits per heavy atom. The molecule has 17 heavy (non-hydrogen) atoms. The summed E-state index contributed by atoms with van der Waals surface area (Å²) in [6, 6.07) is 0. The zero-order valence-electron chi connectivity index (χ0n) is 11.5. The quantitative estimate of drug-likeness (QED) is 0.568. The molecular weight excluding hydrogens is 236 g/mol. The Morgan fingerprint density at radius 2 is 1.71 bits per heavy atom. The highest BCUT2D eigenvalue weighted by atomic mass is 32.2. The van der Waals surface area contributed by atoms with Crippen molar-refractivity contribution in [2.24, 2.45) is 0 Å². The zero-order chi connectivity index (χ0) is 13.1. The molecule has 0 aliphatic heterocycles. The Balaban J connectivity index is 3.46. The van der Waals surface area contributed by atoms with E-state index in [-0.39, 0.29) is 5.75 Å². The third-order valence-corrected chi connectivity index (χ3v) is 4.34. The third kappa shape index (κ3) is 12.1. The van der Waals surface area contributed by atoms with Gasteiger partial charge in [-0.1, -0.05) is 19.8 Å². The minimum Gasteiger partial charge on any atom is -0.316 e. The number of hydrogen-bond donors (Lipinski definition) is 1. The second-order valence-electron chi connectivity index (χ2n) is 4.77. The van der Waals surface area contributed by atoms with Crippen LogP contribution in [0.25, 0.3) is 0 Å². The highest BCUT2D eigenvalue weighted by molar-refractivity contribution is 7.91. The van der Waals surface area contributed by atoms with E-state index in [1.807, 2.05) is 14.1 Å². The van der Waals surface area contributed by atoms with E-state index in [9.17, 15) is 8.42 Å². The van der Waals surface area contributed by atoms with Gasteiger partial charge in [0.05, 0.1) is 11.5 Å². The fourth-order valence-corrected chi connectivity index (χ4v) is 2.85. The van der Waals surface area contributed by atoms with E-state index in [0.717, 1.165) is 38.8 Å². The first kappa shape index (κ1) is 16.9. The Kier molecular flexibility index (Phi) is 9.78. The van der Waals surface area contributed by atoms with Crippen molar-refractivity contribution in [3.05, 3.63) is 0 Å². The molecular formula is C12H28N2O2S. The smallest absolute Gasteiger partial charge is 0.151 e. The molecule has 0 aliphatic rings. The first-order chi connectivity index (χ1) is 7.98. The van der Waals surface area contributed by atoms with Crippen molar-refractivity contribution in [2.75, 3.05) is 45.2 Å². The molecule has 0 unspecified atom stereocenters. The van der Waals surface area contributed by atoms with Gasteiger partial charge < -0.3 is 10.2 Å². The van der Waals surface area contributed by atoms with Crippen molar-refractivity contribution in [1.29, 1.82) is 0 Å². The fourth-order valence-electron chi connectivity index (χ4n) is 1.55. The van der Waals surface area contributed by atoms with Gasteiger partial charge in [-0.05, 0) is 40.0 Å². The Morgan fingerprint density at radius 1 is 1.00 bits per heavy atom. The van der Waals surface area contributed by atoms with Gasteiger partial charge in [0.25, 0.3) is 0 Å². The fraction of sp³-hybridized carbons (Fsp3) is 1.00. The summed E-state index contributed by atoms with van der Waals surface area (Å²) < 4.78 is 23.2. The molecule has 0 spiro atoms. The van der Waals surface area contributed by atoms with Crippen LogP contribution in [0, 0.1) is 0 Å². The molecule has 0 bridgehead atoms. The average Bonchev–Trinajstić information content (AvgIpc) is 2.23. The van der Waals surface area contributed by atoms with Crippen LogP contribution in [0.15, 0.2) is 0 Å². The number of unbranched alkanes of at least 4 members (excludes halogenated alkanes) is 2. The van der Waals surface area contributed by atoms with Crippen LogP contribution in [0.3, 0.4) is 0 Å². The Labute approximate surface area is 107 Å². The molecule has 0 amide bonds. The summed E-state index contributed by atoms with van der Waals surface area (Å²) in [5, 5.41) is 3.18. The molecule has 0 aliphatic carbocycles. The highest BCUT2D eigenvalue weighted by Crippen LogP contribution is 1.99. The summed E-state index contributed by atoms with van der Waals surface area (Å²) in [4.78, 5) is 2.13. The largest absolute Gasteiger partial charge is 0.316 e. The molecule has 5 heteroatoms. The molecule has 0 aromatic carbocycles. The summed E-state index contributed by atoms with van der Waals surface area (Å²) in [5.41, 5.74) is 0. The average molecular weight is 264 g/mol. The van der Waals surface area contributed by atoms with Crippen LogP contribution in [0.2, 0.25) is 0 Å². The predicted octanol–water partition coefficient (Wildman–Crippen LogP) is 1.13. The van der Waals surface area contributed by atoms with Gasteiger partial charge in [-0.25, -0.2) is 8.42 Å². The number of nitrogens with zero attached hydrogens (tertiary/aromatic N) is 1. The lowest BCUT2D eigenvalue weighted by molar-refractivity contribution is 0.395. The van der Waals surface area contributed by atoms with Crippen molar-refractivity contribution < 1.29 is 8.42 Å². The number of nitrogens with one attached hydrogen (secondary N) is 1. The van der Waals surface area contributed by atoms with E-state index in [2.05, 4.69) is 17.1 Å². The van der Waals surface area contributed by atoms with Gasteiger partial charge in [-0.3, -0.25) is 0 Å². The minimum absolute atomic E-state index is 0.276. The monoisotopic (exact) mass is 264 g/mol. The van der Waals surface area contributed by atoms with Crippen LogP contribution in [0.1, 0.15) is 32.6 Å². The van der Waals surface area contributed by atoms with E-state index >= 15 is 0 Å². The molecule has 104 valence electrons. The molecule has 0 radical (unpaired) electrons. The summed E-state index contributed by atoms with van der Waals surface area (Å²) in [6.45, 7) is 4.60. The normalized spacial score (nSPS) is 12.2. The summed E-state index contributed by atoms with van der Waals surface area (Å²) >= 11 is 0. The van der Waals surface area contributed by atoms with Crippen molar-refractivity contribution in [3.8, 4) is 0 Å². The maximum atomic E-state index is 11.6. The Bertz CT molecular complexity index is 264. The molecule has 4 nitrogen and oxygen atoms in total. The van der Waals surface area contributed by atoms with E-state index < -0.39 is 9.84 Å². The summed E-state index contributed by atoms with van der Waals surface area (Å²) in [7, 11) is 1.25. The van der Waals surface area contributed by atoms with E-state index in [0.29, 0.717) is 12.3 Å². The number of rotatable bonds is 11. The zero-order valence-corrected chi connectivity index (χ0v) is 12.4. The van der Waals surface area contributed by atoms with Gasteiger partial charge >= 0.3 is 0 Å².